The lowest BCUT2D eigenvalue weighted by Gasteiger charge is -2.38. The molecule has 0 saturated carbocycles. The molecule has 0 atom stereocenters. The van der Waals surface area contributed by atoms with Gasteiger partial charge in [-0.2, -0.15) is 23.0 Å². The molecule has 1 aromatic heterocycles. The number of likely N-dealkylation sites (tertiary alicyclic amines) is 1. The smallest absolute Gasteiger partial charge is 0.380 e. The van der Waals surface area contributed by atoms with Crippen LogP contribution in [0.1, 0.15) is 12.8 Å². The Labute approximate surface area is 107 Å². The van der Waals surface area contributed by atoms with E-state index in [1.165, 1.54) is 15.6 Å². The molecule has 0 unspecified atom stereocenters. The number of aryl methyl sites for hydroxylation is 1. The minimum Gasteiger partial charge on any atom is -0.380 e. The van der Waals surface area contributed by atoms with Crippen molar-refractivity contribution < 1.29 is 18.3 Å². The van der Waals surface area contributed by atoms with Crippen molar-refractivity contribution in [1.82, 2.24) is 19.2 Å². The topological polar surface area (TPSA) is 63.3 Å². The molecular formula is C10H15F3N4O2. The predicted octanol–water partition coefficient (Wildman–Crippen LogP) is -0.0715. The summed E-state index contributed by atoms with van der Waals surface area (Å²) in [5.41, 5.74) is -2.94. The number of aromatic nitrogens is 3. The number of hydrogen-bond donors (Lipinski definition) is 1. The third-order valence-electron chi connectivity index (χ3n) is 3.43. The van der Waals surface area contributed by atoms with Crippen LogP contribution in [0.3, 0.4) is 0 Å². The summed E-state index contributed by atoms with van der Waals surface area (Å²) in [4.78, 5) is 13.2. The summed E-state index contributed by atoms with van der Waals surface area (Å²) in [6.07, 6.45) is -4.05. The van der Waals surface area contributed by atoms with Gasteiger partial charge in [0.15, 0.2) is 5.60 Å². The van der Waals surface area contributed by atoms with E-state index in [9.17, 15) is 23.1 Å². The maximum absolute atomic E-state index is 12.6. The first-order chi connectivity index (χ1) is 8.73. The molecule has 1 fully saturated rings. The molecule has 1 aromatic rings. The lowest BCUT2D eigenvalue weighted by molar-refractivity contribution is -0.273. The van der Waals surface area contributed by atoms with Crippen molar-refractivity contribution in [2.45, 2.75) is 31.3 Å². The van der Waals surface area contributed by atoms with Crippen molar-refractivity contribution >= 4 is 0 Å². The minimum atomic E-state index is -4.61. The first-order valence-electron chi connectivity index (χ1n) is 5.83. The number of aliphatic hydroxyl groups is 1. The zero-order valence-electron chi connectivity index (χ0n) is 10.4. The fourth-order valence-corrected chi connectivity index (χ4v) is 2.05. The van der Waals surface area contributed by atoms with E-state index >= 15 is 0 Å². The van der Waals surface area contributed by atoms with Gasteiger partial charge in [0, 0.05) is 20.1 Å². The van der Waals surface area contributed by atoms with Crippen LogP contribution in [0.25, 0.3) is 0 Å². The molecule has 2 heterocycles. The predicted molar refractivity (Wildman–Crippen MR) is 59.3 cm³/mol. The van der Waals surface area contributed by atoms with Crippen LogP contribution in [0.4, 0.5) is 13.2 Å². The molecule has 1 aliphatic rings. The van der Waals surface area contributed by atoms with Crippen LogP contribution in [0.2, 0.25) is 0 Å². The molecule has 2 rings (SSSR count). The molecule has 6 nitrogen and oxygen atoms in total. The van der Waals surface area contributed by atoms with Gasteiger partial charge in [-0.15, -0.1) is 0 Å². The van der Waals surface area contributed by atoms with Crippen molar-refractivity contribution in [3.05, 3.63) is 16.8 Å². The number of piperidine rings is 1. The number of halogens is 3. The van der Waals surface area contributed by atoms with Crippen LogP contribution in [0, 0.1) is 0 Å². The van der Waals surface area contributed by atoms with Gasteiger partial charge in [0.1, 0.15) is 6.33 Å². The summed E-state index contributed by atoms with van der Waals surface area (Å²) >= 11 is 0. The second-order valence-corrected chi connectivity index (χ2v) is 4.81. The van der Waals surface area contributed by atoms with Crippen molar-refractivity contribution in [3.8, 4) is 0 Å². The second-order valence-electron chi connectivity index (χ2n) is 4.81. The first-order valence-corrected chi connectivity index (χ1v) is 5.83. The number of hydrogen-bond acceptors (Lipinski definition) is 4. The van der Waals surface area contributed by atoms with E-state index in [-0.39, 0.29) is 25.4 Å². The Morgan fingerprint density at radius 1 is 1.42 bits per heavy atom. The van der Waals surface area contributed by atoms with Gasteiger partial charge in [-0.3, -0.25) is 9.47 Å². The maximum Gasteiger partial charge on any atom is 0.417 e. The number of rotatable bonds is 2. The fourth-order valence-electron chi connectivity index (χ4n) is 2.05. The minimum absolute atomic E-state index is 0.0685. The second kappa shape index (κ2) is 4.64. The average molecular weight is 280 g/mol. The quantitative estimate of drug-likeness (QED) is 0.823. The number of alkyl halides is 3. The van der Waals surface area contributed by atoms with Gasteiger partial charge >= 0.3 is 11.9 Å². The van der Waals surface area contributed by atoms with Gasteiger partial charge in [-0.25, -0.2) is 4.79 Å². The molecule has 9 heteroatoms. The molecule has 1 aliphatic heterocycles. The average Bonchev–Trinajstić information content (AvgIpc) is 2.63. The van der Waals surface area contributed by atoms with Crippen LogP contribution < -0.4 is 5.69 Å². The molecule has 19 heavy (non-hydrogen) atoms. The lowest BCUT2D eigenvalue weighted by Crippen LogP contribution is -2.53. The van der Waals surface area contributed by atoms with Crippen LogP contribution in [0.5, 0.6) is 0 Å². The molecule has 0 aliphatic carbocycles. The fraction of sp³-hybridized carbons (Fsp3) is 0.800. The Morgan fingerprint density at radius 2 is 2.00 bits per heavy atom. The summed E-state index contributed by atoms with van der Waals surface area (Å²) in [6.45, 7) is 0.270. The molecule has 1 N–H and O–H groups in total. The summed E-state index contributed by atoms with van der Waals surface area (Å²) in [7, 11) is 1.55. The Hall–Kier alpha value is -1.35. The SMILES string of the molecule is Cn1cnn(CN2CCC(O)(C(F)(F)F)CC2)c1=O. The summed E-state index contributed by atoms with van der Waals surface area (Å²) in [5.74, 6) is 0. The standard InChI is InChI=1S/C10H15F3N4O2/c1-15-6-14-17(8(15)18)7-16-4-2-9(19,3-5-16)10(11,12)13/h6,19H,2-5,7H2,1H3. The highest BCUT2D eigenvalue weighted by Gasteiger charge is 2.54. The monoisotopic (exact) mass is 280 g/mol. The van der Waals surface area contributed by atoms with Crippen molar-refractivity contribution in [1.29, 1.82) is 0 Å². The van der Waals surface area contributed by atoms with Crippen LogP contribution >= 0.6 is 0 Å². The highest BCUT2D eigenvalue weighted by atomic mass is 19.4. The van der Waals surface area contributed by atoms with E-state index in [4.69, 9.17) is 0 Å². The van der Waals surface area contributed by atoms with Crippen molar-refractivity contribution in [2.24, 2.45) is 7.05 Å². The summed E-state index contributed by atoms with van der Waals surface area (Å²) < 4.78 is 40.3. The van der Waals surface area contributed by atoms with Gasteiger partial charge in [0.05, 0.1) is 6.67 Å². The van der Waals surface area contributed by atoms with Crippen LogP contribution in [-0.4, -0.2) is 49.2 Å². The van der Waals surface area contributed by atoms with Gasteiger partial charge in [0.2, 0.25) is 0 Å². The third-order valence-corrected chi connectivity index (χ3v) is 3.43. The Morgan fingerprint density at radius 3 is 2.42 bits per heavy atom. The third kappa shape index (κ3) is 2.66. The molecule has 0 aromatic carbocycles. The van der Waals surface area contributed by atoms with E-state index in [2.05, 4.69) is 5.10 Å². The molecule has 0 spiro atoms. The molecule has 0 amide bonds. The van der Waals surface area contributed by atoms with E-state index in [1.54, 1.807) is 11.9 Å². The van der Waals surface area contributed by atoms with E-state index in [0.29, 0.717) is 0 Å². The van der Waals surface area contributed by atoms with Crippen molar-refractivity contribution in [3.63, 3.8) is 0 Å². The summed E-state index contributed by atoms with van der Waals surface area (Å²) in [5, 5.41) is 13.3. The van der Waals surface area contributed by atoms with Gasteiger partial charge in [-0.05, 0) is 12.8 Å². The molecular weight excluding hydrogens is 265 g/mol. The molecule has 0 radical (unpaired) electrons. The van der Waals surface area contributed by atoms with Crippen LogP contribution in [0.15, 0.2) is 11.1 Å². The zero-order valence-corrected chi connectivity index (χ0v) is 10.4. The Bertz CT molecular complexity index is 500. The Kier molecular flexibility index (Phi) is 3.43. The van der Waals surface area contributed by atoms with Gasteiger partial charge in [0.25, 0.3) is 0 Å². The summed E-state index contributed by atoms with van der Waals surface area (Å²) in [6, 6.07) is 0. The maximum atomic E-state index is 12.6. The van der Waals surface area contributed by atoms with E-state index < -0.39 is 24.6 Å². The van der Waals surface area contributed by atoms with Gasteiger partial charge in [-0.1, -0.05) is 0 Å². The first kappa shape index (κ1) is 14.1. The molecule has 108 valence electrons. The normalized spacial score (nSPS) is 20.7. The van der Waals surface area contributed by atoms with Crippen molar-refractivity contribution in [2.75, 3.05) is 13.1 Å². The highest BCUT2D eigenvalue weighted by Crippen LogP contribution is 2.38. The number of nitrogens with zero attached hydrogens (tertiary/aromatic N) is 4. The van der Waals surface area contributed by atoms with Crippen LogP contribution in [-0.2, 0) is 13.7 Å². The van der Waals surface area contributed by atoms with E-state index in [1.807, 2.05) is 0 Å². The highest BCUT2D eigenvalue weighted by molar-refractivity contribution is 4.91. The Balaban J connectivity index is 1.98. The molecule has 0 bridgehead atoms. The van der Waals surface area contributed by atoms with E-state index in [0.717, 1.165) is 0 Å². The molecule has 1 saturated heterocycles. The lowest BCUT2D eigenvalue weighted by atomic mass is 9.91. The largest absolute Gasteiger partial charge is 0.417 e. The zero-order chi connectivity index (χ0) is 14.3. The van der Waals surface area contributed by atoms with Gasteiger partial charge < -0.3 is 5.11 Å².